The Kier molecular flexibility index (Phi) is 25.4. The Morgan fingerprint density at radius 3 is 1.00 bits per heavy atom. The second kappa shape index (κ2) is 23.2. The molecule has 0 atom stereocenters. The Balaban J connectivity index is -0.000000172. The van der Waals surface area contributed by atoms with Crippen molar-refractivity contribution < 1.29 is 68.7 Å². The fourth-order valence-electron chi connectivity index (χ4n) is 1.61. The number of nitrogens with two attached hydrogens (primary N) is 2. The van der Waals surface area contributed by atoms with Crippen LogP contribution in [-0.2, 0) is 27.4 Å². The molecule has 4 aromatic rings. The van der Waals surface area contributed by atoms with E-state index < -0.39 is 43.5 Å². The van der Waals surface area contributed by atoms with E-state index in [1.54, 1.807) is 0 Å². The van der Waals surface area contributed by atoms with Crippen LogP contribution in [0.15, 0.2) is 0 Å². The van der Waals surface area contributed by atoms with E-state index in [2.05, 4.69) is 60.7 Å². The quantitative estimate of drug-likeness (QED) is 0.0830. The smallest absolute Gasteiger partial charge is 0.458 e. The van der Waals surface area contributed by atoms with Gasteiger partial charge in [-0.3, -0.25) is 10.2 Å². The van der Waals surface area contributed by atoms with Crippen molar-refractivity contribution in [1.82, 2.24) is 60.7 Å². The normalized spacial score (nSPS) is 8.47. The minimum Gasteiger partial charge on any atom is -0.458 e. The molecule has 0 unspecified atom stereocenters. The number of nitrogens with zero attached hydrogens (tertiary/aromatic N) is 16. The summed E-state index contributed by atoms with van der Waals surface area (Å²) in [5, 5.41) is 70.5. The fourth-order valence-corrected chi connectivity index (χ4v) is 1.61. The summed E-state index contributed by atoms with van der Waals surface area (Å²) in [6, 6.07) is 0. The zero-order chi connectivity index (χ0) is 28.8. The van der Waals surface area contributed by atoms with Crippen molar-refractivity contribution in [3.63, 3.8) is 0 Å². The molecule has 0 bridgehead atoms. The number of hydrogen-bond donors (Lipinski definition) is 2. The van der Waals surface area contributed by atoms with Crippen molar-refractivity contribution in [2.24, 2.45) is 0 Å². The largest absolute Gasteiger partial charge is 2.00 e. The van der Waals surface area contributed by atoms with Crippen molar-refractivity contribution in [2.45, 2.75) is 0 Å². The standard InChI is InChI=1S/2C4N8O4.2C2H7N.Ni.4H2O/c2*13-11(14)3-5-1(7-9-3)2-6-4(10-8-2)12(15)16;2*1-3-2;;;;;/h;;2*3H,1-2H3;;4*1H2/q2*-2;;;+2;;;;/p+4. The van der Waals surface area contributed by atoms with Gasteiger partial charge in [-0.25, -0.2) is 0 Å². The summed E-state index contributed by atoms with van der Waals surface area (Å²) < 4.78 is 0. The van der Waals surface area contributed by atoms with Crippen LogP contribution in [0.5, 0.6) is 0 Å². The first kappa shape index (κ1) is 47.2. The van der Waals surface area contributed by atoms with Crippen molar-refractivity contribution in [1.29, 1.82) is 0 Å². The first-order valence-corrected chi connectivity index (χ1v) is 9.54. The molecule has 244 valence electrons. The van der Waals surface area contributed by atoms with E-state index in [-0.39, 0.29) is 61.7 Å². The Bertz CT molecular complexity index is 1170. The molecule has 0 radical (unpaired) electrons. The first-order valence-electron chi connectivity index (χ1n) is 9.54. The van der Waals surface area contributed by atoms with Gasteiger partial charge in [-0.15, -0.1) is 20.4 Å². The maximum atomic E-state index is 10.2. The van der Waals surface area contributed by atoms with Crippen LogP contribution in [0.2, 0.25) is 0 Å². The molecule has 0 saturated carbocycles. The molecular formula is C12H26N18NiO12+2. The van der Waals surface area contributed by atoms with Crippen LogP contribution in [0.3, 0.4) is 0 Å². The molecule has 31 heteroatoms. The van der Waals surface area contributed by atoms with Gasteiger partial charge in [-0.1, -0.05) is 20.0 Å². The van der Waals surface area contributed by atoms with Gasteiger partial charge in [-0.2, -0.15) is 19.8 Å². The van der Waals surface area contributed by atoms with E-state index in [1.165, 1.54) is 0 Å². The van der Waals surface area contributed by atoms with Crippen molar-refractivity contribution in [3.8, 4) is 23.3 Å². The van der Waals surface area contributed by atoms with Crippen LogP contribution >= 0.6 is 0 Å². The molecule has 4 heterocycles. The van der Waals surface area contributed by atoms with Crippen LogP contribution in [0.4, 0.5) is 23.8 Å². The molecule has 0 spiro atoms. The van der Waals surface area contributed by atoms with E-state index in [0.717, 1.165) is 0 Å². The number of hydrogen-bond acceptors (Lipinski definition) is 16. The van der Waals surface area contributed by atoms with Crippen LogP contribution < -0.4 is 31.0 Å². The molecule has 14 N–H and O–H groups in total. The Morgan fingerprint density at radius 2 is 0.814 bits per heavy atom. The van der Waals surface area contributed by atoms with Crippen molar-refractivity contribution in [2.75, 3.05) is 28.2 Å². The van der Waals surface area contributed by atoms with Gasteiger partial charge in [0.15, 0.2) is 11.6 Å². The molecule has 4 aromatic heterocycles. The summed E-state index contributed by atoms with van der Waals surface area (Å²) >= 11 is 0. The summed E-state index contributed by atoms with van der Waals surface area (Å²) in [5.74, 6) is -4.07. The molecule has 0 aliphatic rings. The Hall–Kier alpha value is -5.59. The van der Waals surface area contributed by atoms with Crippen LogP contribution in [0, 0.1) is 40.5 Å². The van der Waals surface area contributed by atoms with Crippen LogP contribution in [0.1, 0.15) is 0 Å². The summed E-state index contributed by atoms with van der Waals surface area (Å²) in [6.07, 6.45) is 0. The second-order valence-corrected chi connectivity index (χ2v) is 5.92. The Labute approximate surface area is 245 Å². The van der Waals surface area contributed by atoms with E-state index in [1.807, 2.05) is 38.8 Å². The number of nitro groups is 4. The maximum absolute atomic E-state index is 10.2. The van der Waals surface area contributed by atoms with Gasteiger partial charge in [0, 0.05) is 11.6 Å². The fraction of sp³-hybridized carbons (Fsp3) is 0.333. The van der Waals surface area contributed by atoms with Gasteiger partial charge in [0.25, 0.3) is 23.8 Å². The van der Waals surface area contributed by atoms with E-state index in [4.69, 9.17) is 0 Å². The van der Waals surface area contributed by atoms with Gasteiger partial charge >= 0.3 is 16.5 Å². The maximum Gasteiger partial charge on any atom is 2.00 e. The number of quaternary nitrogens is 2. The van der Waals surface area contributed by atoms with E-state index in [0.29, 0.717) is 0 Å². The summed E-state index contributed by atoms with van der Waals surface area (Å²) in [7, 11) is 8.00. The minimum absolute atomic E-state index is 0. The average Bonchev–Trinajstić information content (AvgIpc) is 3.66. The van der Waals surface area contributed by atoms with Crippen molar-refractivity contribution in [3.05, 3.63) is 40.5 Å². The molecule has 0 amide bonds. The summed E-state index contributed by atoms with van der Waals surface area (Å²) in [6.45, 7) is 0. The minimum atomic E-state index is -0.860. The molecule has 0 aliphatic carbocycles. The second-order valence-electron chi connectivity index (χ2n) is 5.92. The van der Waals surface area contributed by atoms with Crippen LogP contribution in [-0.4, -0.2) is 99.2 Å². The van der Waals surface area contributed by atoms with Crippen molar-refractivity contribution >= 4 is 23.8 Å². The summed E-state index contributed by atoms with van der Waals surface area (Å²) in [4.78, 5) is 50.9. The molecule has 0 fully saturated rings. The average molecular weight is 673 g/mol. The van der Waals surface area contributed by atoms with E-state index in [9.17, 15) is 40.5 Å². The third kappa shape index (κ3) is 14.6. The molecule has 43 heavy (non-hydrogen) atoms. The molecule has 30 nitrogen and oxygen atoms in total. The summed E-state index contributed by atoms with van der Waals surface area (Å²) in [5.41, 5.74) is 0. The van der Waals surface area contributed by atoms with Gasteiger partial charge in [0.05, 0.1) is 28.2 Å². The molecular weight excluding hydrogens is 647 g/mol. The third-order valence-electron chi connectivity index (χ3n) is 2.81. The number of aromatic nitrogens is 12. The first-order chi connectivity index (χ1) is 18.0. The zero-order valence-electron chi connectivity index (χ0n) is 22.0. The van der Waals surface area contributed by atoms with Gasteiger partial charge in [0.2, 0.25) is 0 Å². The predicted molar refractivity (Wildman–Crippen MR) is 131 cm³/mol. The van der Waals surface area contributed by atoms with Gasteiger partial charge in [0.1, 0.15) is 0 Å². The zero-order valence-corrected chi connectivity index (χ0v) is 23.0. The van der Waals surface area contributed by atoms with Crippen LogP contribution in [0.25, 0.3) is 23.3 Å². The SMILES string of the molecule is C[NH2+]C.C[NH2+]C.O.O.O=[N+]([O-])c1n[n-]c(-c2n[n-]c([N+](=O)[O-])n2)n1.O=[N+]([O-])c1n[n-]c(-c2n[n-]c([N+](=O)[O-])n2)n1.[Ni+2].[OH3+].[OH3+]. The molecule has 0 aromatic carbocycles. The van der Waals surface area contributed by atoms with Gasteiger partial charge in [-0.05, 0) is 0 Å². The molecule has 4 rings (SSSR count). The molecule has 0 saturated heterocycles. The predicted octanol–water partition coefficient (Wildman–Crippen LogP) is -8.55. The topological polar surface area (TPSA) is 494 Å². The monoisotopic (exact) mass is 672 g/mol. The third-order valence-corrected chi connectivity index (χ3v) is 2.81. The van der Waals surface area contributed by atoms with E-state index >= 15 is 0 Å². The molecule has 0 aliphatic heterocycles. The number of rotatable bonds is 6. The van der Waals surface area contributed by atoms with Gasteiger partial charge < -0.3 is 83.0 Å². The Morgan fingerprint density at radius 1 is 0.535 bits per heavy atom.